The van der Waals surface area contributed by atoms with Gasteiger partial charge in [-0.1, -0.05) is 0 Å². The van der Waals surface area contributed by atoms with Crippen LogP contribution in [0.3, 0.4) is 0 Å². The van der Waals surface area contributed by atoms with Gasteiger partial charge in [0.15, 0.2) is 0 Å². The first-order valence-corrected chi connectivity index (χ1v) is 3.83. The van der Waals surface area contributed by atoms with Crippen LogP contribution in [0.5, 0.6) is 0 Å². The number of hydrogen-bond donors (Lipinski definition) is 1. The van der Waals surface area contributed by atoms with Crippen LogP contribution in [0.15, 0.2) is 0 Å². The number of alkyl halides is 1. The zero-order valence-electron chi connectivity index (χ0n) is 6.42. The number of halogens is 1. The van der Waals surface area contributed by atoms with E-state index in [4.69, 9.17) is 5.73 Å². The van der Waals surface area contributed by atoms with Crippen LogP contribution in [0.2, 0.25) is 0 Å². The van der Waals surface area contributed by atoms with Crippen LogP contribution in [-0.4, -0.2) is 36.6 Å². The van der Waals surface area contributed by atoms with Gasteiger partial charge in [0.2, 0.25) is 5.91 Å². The smallest absolute Gasteiger partial charge is 0.218 e. The molecule has 1 aliphatic heterocycles. The van der Waals surface area contributed by atoms with Crippen molar-refractivity contribution in [1.29, 1.82) is 0 Å². The van der Waals surface area contributed by atoms with E-state index in [2.05, 4.69) is 0 Å². The third kappa shape index (κ3) is 2.84. The van der Waals surface area contributed by atoms with Crippen LogP contribution in [0.4, 0.5) is 4.39 Å². The van der Waals surface area contributed by atoms with E-state index in [1.54, 1.807) is 0 Å². The van der Waals surface area contributed by atoms with Crippen molar-refractivity contribution in [2.75, 3.05) is 19.6 Å². The molecule has 0 aliphatic carbocycles. The highest BCUT2D eigenvalue weighted by Crippen LogP contribution is 2.11. The number of primary amides is 1. The number of carbonyl (C=O) groups excluding carboxylic acids is 1. The minimum Gasteiger partial charge on any atom is -0.370 e. The van der Waals surface area contributed by atoms with Crippen molar-refractivity contribution < 1.29 is 9.18 Å². The summed E-state index contributed by atoms with van der Waals surface area (Å²) in [5.41, 5.74) is 4.95. The molecule has 64 valence electrons. The summed E-state index contributed by atoms with van der Waals surface area (Å²) in [7, 11) is 0. The molecule has 0 saturated carbocycles. The predicted molar refractivity (Wildman–Crippen MR) is 39.8 cm³/mol. The molecular formula is C7H13FN2O. The number of hydrogen-bond acceptors (Lipinski definition) is 2. The lowest BCUT2D eigenvalue weighted by atomic mass is 10.3. The number of carbonyl (C=O) groups is 1. The van der Waals surface area contributed by atoms with E-state index in [-0.39, 0.29) is 5.91 Å². The van der Waals surface area contributed by atoms with Gasteiger partial charge in [0.25, 0.3) is 0 Å². The fraction of sp³-hybridized carbons (Fsp3) is 0.857. The summed E-state index contributed by atoms with van der Waals surface area (Å²) in [6.45, 7) is 1.83. The van der Waals surface area contributed by atoms with Gasteiger partial charge < -0.3 is 5.73 Å². The zero-order valence-corrected chi connectivity index (χ0v) is 6.42. The van der Waals surface area contributed by atoms with E-state index in [1.165, 1.54) is 0 Å². The lowest BCUT2D eigenvalue weighted by Gasteiger charge is -2.11. The van der Waals surface area contributed by atoms with Crippen LogP contribution < -0.4 is 5.73 Å². The van der Waals surface area contributed by atoms with Crippen molar-refractivity contribution in [3.05, 3.63) is 0 Å². The molecule has 0 bridgehead atoms. The summed E-state index contributed by atoms with van der Waals surface area (Å²) < 4.78 is 12.5. The predicted octanol–water partition coefficient (Wildman–Crippen LogP) is -0.0944. The van der Waals surface area contributed by atoms with E-state index >= 15 is 0 Å². The molecule has 1 aliphatic rings. The average molecular weight is 160 g/mol. The maximum Gasteiger partial charge on any atom is 0.218 e. The Bertz CT molecular complexity index is 151. The first kappa shape index (κ1) is 8.46. The van der Waals surface area contributed by atoms with E-state index in [0.717, 1.165) is 6.54 Å². The first-order valence-electron chi connectivity index (χ1n) is 3.83. The van der Waals surface area contributed by atoms with E-state index in [0.29, 0.717) is 25.9 Å². The number of amides is 1. The summed E-state index contributed by atoms with van der Waals surface area (Å²) in [6, 6.07) is 0. The van der Waals surface area contributed by atoms with Gasteiger partial charge in [-0.05, 0) is 6.42 Å². The molecule has 3 nitrogen and oxygen atoms in total. The Morgan fingerprint density at radius 1 is 1.73 bits per heavy atom. The van der Waals surface area contributed by atoms with Gasteiger partial charge in [0, 0.05) is 26.1 Å². The van der Waals surface area contributed by atoms with Crippen molar-refractivity contribution >= 4 is 5.91 Å². The maximum absolute atomic E-state index is 12.5. The highest BCUT2D eigenvalue weighted by atomic mass is 19.1. The van der Waals surface area contributed by atoms with E-state index in [9.17, 15) is 9.18 Å². The average Bonchev–Trinajstić information content (AvgIpc) is 2.31. The van der Waals surface area contributed by atoms with Gasteiger partial charge in [0.1, 0.15) is 6.17 Å². The lowest BCUT2D eigenvalue weighted by molar-refractivity contribution is -0.118. The number of nitrogens with zero attached hydrogens (tertiary/aromatic N) is 1. The molecule has 1 heterocycles. The monoisotopic (exact) mass is 160 g/mol. The van der Waals surface area contributed by atoms with Crippen molar-refractivity contribution in [2.45, 2.75) is 19.0 Å². The summed E-state index contributed by atoms with van der Waals surface area (Å²) in [5, 5.41) is 0. The minimum absolute atomic E-state index is 0.313. The lowest BCUT2D eigenvalue weighted by Crippen LogP contribution is -2.26. The fourth-order valence-corrected chi connectivity index (χ4v) is 1.26. The second kappa shape index (κ2) is 3.67. The molecule has 0 aromatic rings. The summed E-state index contributed by atoms with van der Waals surface area (Å²) in [6.07, 6.45) is 0.230. The van der Waals surface area contributed by atoms with Crippen LogP contribution in [0, 0.1) is 0 Å². The Morgan fingerprint density at radius 2 is 2.45 bits per heavy atom. The van der Waals surface area contributed by atoms with Gasteiger partial charge >= 0.3 is 0 Å². The highest BCUT2D eigenvalue weighted by molar-refractivity contribution is 5.73. The first-order chi connectivity index (χ1) is 5.18. The third-order valence-corrected chi connectivity index (χ3v) is 1.89. The molecule has 0 radical (unpaired) electrons. The number of rotatable bonds is 3. The zero-order chi connectivity index (χ0) is 8.27. The molecule has 0 aromatic heterocycles. The normalized spacial score (nSPS) is 25.7. The second-order valence-electron chi connectivity index (χ2n) is 2.90. The van der Waals surface area contributed by atoms with Crippen LogP contribution >= 0.6 is 0 Å². The Hall–Kier alpha value is -0.640. The fourth-order valence-electron chi connectivity index (χ4n) is 1.26. The molecule has 0 spiro atoms. The van der Waals surface area contributed by atoms with Gasteiger partial charge in [-0.2, -0.15) is 0 Å². The molecule has 11 heavy (non-hydrogen) atoms. The van der Waals surface area contributed by atoms with E-state index < -0.39 is 6.17 Å². The summed E-state index contributed by atoms with van der Waals surface area (Å²) in [5.74, 6) is -0.313. The molecule has 2 N–H and O–H groups in total. The maximum atomic E-state index is 12.5. The van der Waals surface area contributed by atoms with Gasteiger partial charge in [-0.25, -0.2) is 4.39 Å². The Morgan fingerprint density at radius 3 is 2.91 bits per heavy atom. The molecular weight excluding hydrogens is 147 g/mol. The molecule has 1 atom stereocenters. The third-order valence-electron chi connectivity index (χ3n) is 1.89. The topological polar surface area (TPSA) is 46.3 Å². The van der Waals surface area contributed by atoms with Gasteiger partial charge in [-0.15, -0.1) is 0 Å². The molecule has 1 amide bonds. The van der Waals surface area contributed by atoms with Gasteiger partial charge in [0.05, 0.1) is 0 Å². The Labute approximate surface area is 65.3 Å². The number of likely N-dealkylation sites (tertiary alicyclic amines) is 1. The van der Waals surface area contributed by atoms with Gasteiger partial charge in [-0.3, -0.25) is 9.69 Å². The van der Waals surface area contributed by atoms with Crippen molar-refractivity contribution in [1.82, 2.24) is 4.90 Å². The number of nitrogens with two attached hydrogens (primary N) is 1. The molecule has 4 heteroatoms. The quantitative estimate of drug-likeness (QED) is 0.627. The van der Waals surface area contributed by atoms with Crippen LogP contribution in [0.1, 0.15) is 12.8 Å². The SMILES string of the molecule is NC(=O)CCN1CCC(F)C1. The van der Waals surface area contributed by atoms with E-state index in [1.807, 2.05) is 4.90 Å². The van der Waals surface area contributed by atoms with Crippen LogP contribution in [-0.2, 0) is 4.79 Å². The summed E-state index contributed by atoms with van der Waals surface area (Å²) >= 11 is 0. The van der Waals surface area contributed by atoms with Crippen LogP contribution in [0.25, 0.3) is 0 Å². The van der Waals surface area contributed by atoms with Crippen molar-refractivity contribution in [3.63, 3.8) is 0 Å². The molecule has 1 rings (SSSR count). The molecule has 1 saturated heterocycles. The highest BCUT2D eigenvalue weighted by Gasteiger charge is 2.21. The second-order valence-corrected chi connectivity index (χ2v) is 2.90. The largest absolute Gasteiger partial charge is 0.370 e. The minimum atomic E-state index is -0.706. The molecule has 0 aromatic carbocycles. The summed E-state index contributed by atoms with van der Waals surface area (Å²) in [4.78, 5) is 12.3. The Balaban J connectivity index is 2.13. The molecule has 1 unspecified atom stereocenters. The Kier molecular flexibility index (Phi) is 2.82. The standard InChI is InChI=1S/C7H13FN2O/c8-6-1-3-10(5-6)4-2-7(9)11/h6H,1-5H2,(H2,9,11). The van der Waals surface area contributed by atoms with Crippen molar-refractivity contribution in [2.24, 2.45) is 5.73 Å². The molecule has 1 fully saturated rings. The van der Waals surface area contributed by atoms with Crippen molar-refractivity contribution in [3.8, 4) is 0 Å².